The highest BCUT2D eigenvalue weighted by Crippen LogP contribution is 2.25. The van der Waals surface area contributed by atoms with Gasteiger partial charge in [0, 0.05) is 24.5 Å². The van der Waals surface area contributed by atoms with Gasteiger partial charge >= 0.3 is 0 Å². The molecule has 35 heavy (non-hydrogen) atoms. The number of likely N-dealkylation sites (tertiary alicyclic amines) is 1. The molecular formula is C26H27FN7O+. The van der Waals surface area contributed by atoms with Crippen LogP contribution in [-0.4, -0.2) is 43.8 Å². The Labute approximate surface area is 202 Å². The van der Waals surface area contributed by atoms with E-state index in [4.69, 9.17) is 16.1 Å². The lowest BCUT2D eigenvalue weighted by atomic mass is 10.0. The van der Waals surface area contributed by atoms with Gasteiger partial charge in [-0.05, 0) is 55.8 Å². The minimum absolute atomic E-state index is 0.151. The van der Waals surface area contributed by atoms with Crippen molar-refractivity contribution in [3.8, 4) is 5.75 Å². The van der Waals surface area contributed by atoms with Gasteiger partial charge in [-0.25, -0.2) is 14.4 Å². The maximum atomic E-state index is 13.9. The van der Waals surface area contributed by atoms with E-state index < -0.39 is 5.82 Å². The monoisotopic (exact) mass is 472 g/mol. The molecule has 8 nitrogen and oxygen atoms in total. The summed E-state index contributed by atoms with van der Waals surface area (Å²) >= 11 is 0. The number of anilines is 2. The van der Waals surface area contributed by atoms with E-state index in [9.17, 15) is 9.50 Å². The van der Waals surface area contributed by atoms with Gasteiger partial charge in [-0.3, -0.25) is 15.3 Å². The van der Waals surface area contributed by atoms with Crippen LogP contribution in [0.5, 0.6) is 5.75 Å². The smallest absolute Gasteiger partial charge is 0.219 e. The zero-order valence-electron chi connectivity index (χ0n) is 19.2. The standard InChI is InChI=1S/C26H26FN7O/c27-19-10-17(11-20(35)12-19)24(28)23-25(29)31-15-32-26(23)30-13-18-9-16-5-1-2-6-21(16)33-22(18)14-34-7-3-4-8-34/h1-2,5-6,9-12,15,28,35H,3-4,7-8,13-14H2,(H3,29,30,31,32)/p+1. The molecule has 1 fully saturated rings. The highest BCUT2D eigenvalue weighted by atomic mass is 19.1. The molecule has 0 unspecified atom stereocenters. The molecule has 2 aromatic heterocycles. The summed E-state index contributed by atoms with van der Waals surface area (Å²) in [6.45, 7) is 3.35. The Bertz CT molecular complexity index is 1380. The molecule has 6 N–H and O–H groups in total. The van der Waals surface area contributed by atoms with Crippen molar-refractivity contribution in [1.29, 1.82) is 0 Å². The molecule has 1 aliphatic heterocycles. The lowest BCUT2D eigenvalue weighted by molar-refractivity contribution is -0.111. The normalized spacial score (nSPS) is 13.9. The molecule has 4 aromatic rings. The number of halogens is 1. The summed E-state index contributed by atoms with van der Waals surface area (Å²) in [5.74, 6) is -0.278. The van der Waals surface area contributed by atoms with Crippen molar-refractivity contribution in [3.05, 3.63) is 83.1 Å². The van der Waals surface area contributed by atoms with Crippen LogP contribution < -0.4 is 16.5 Å². The van der Waals surface area contributed by atoms with Gasteiger partial charge < -0.3 is 16.2 Å². The number of phenols is 1. The third kappa shape index (κ3) is 4.90. The Morgan fingerprint density at radius 2 is 1.91 bits per heavy atom. The number of para-hydroxylation sites is 1. The fourth-order valence-corrected chi connectivity index (χ4v) is 4.49. The van der Waals surface area contributed by atoms with Crippen molar-refractivity contribution in [2.45, 2.75) is 25.9 Å². The fourth-order valence-electron chi connectivity index (χ4n) is 4.49. The second-order valence-electron chi connectivity index (χ2n) is 8.72. The van der Waals surface area contributed by atoms with Crippen molar-refractivity contribution in [3.63, 3.8) is 0 Å². The van der Waals surface area contributed by atoms with Crippen LogP contribution >= 0.6 is 0 Å². The Hall–Kier alpha value is -4.11. The SMILES string of the molecule is Nc1ncnc(NCc2cc3ccccc3nc2CN2CCCC2)c1C(=[NH2+])c1cc(O)cc(F)c1. The van der Waals surface area contributed by atoms with E-state index in [0.717, 1.165) is 47.9 Å². The Balaban J connectivity index is 1.47. The highest BCUT2D eigenvalue weighted by molar-refractivity contribution is 6.14. The molecule has 0 spiro atoms. The van der Waals surface area contributed by atoms with Crippen LogP contribution in [0.4, 0.5) is 16.0 Å². The van der Waals surface area contributed by atoms with Gasteiger partial charge in [-0.15, -0.1) is 0 Å². The van der Waals surface area contributed by atoms with Crippen LogP contribution in [0.15, 0.2) is 54.9 Å². The number of phenolic OH excluding ortho intramolecular Hbond substituents is 1. The number of hydrogen-bond donors (Lipinski definition) is 4. The first kappa shape index (κ1) is 22.7. The molecule has 178 valence electrons. The number of nitrogen functional groups attached to an aromatic ring is 1. The van der Waals surface area contributed by atoms with Crippen molar-refractivity contribution in [1.82, 2.24) is 19.9 Å². The molecule has 0 bridgehead atoms. The van der Waals surface area contributed by atoms with Crippen molar-refractivity contribution in [2.75, 3.05) is 24.1 Å². The number of nitrogens with two attached hydrogens (primary N) is 2. The lowest BCUT2D eigenvalue weighted by Crippen LogP contribution is -2.42. The van der Waals surface area contributed by atoms with Gasteiger partial charge in [0.2, 0.25) is 5.71 Å². The minimum atomic E-state index is -0.610. The van der Waals surface area contributed by atoms with E-state index in [2.05, 4.69) is 26.3 Å². The molecule has 2 aromatic carbocycles. The summed E-state index contributed by atoms with van der Waals surface area (Å²) in [7, 11) is 0. The first-order valence-electron chi connectivity index (χ1n) is 11.5. The van der Waals surface area contributed by atoms with Crippen LogP contribution in [0.25, 0.3) is 10.9 Å². The van der Waals surface area contributed by atoms with Crippen LogP contribution in [0.1, 0.15) is 35.2 Å². The van der Waals surface area contributed by atoms with Crippen molar-refractivity contribution < 1.29 is 14.9 Å². The molecule has 0 amide bonds. The first-order chi connectivity index (χ1) is 17.0. The maximum Gasteiger partial charge on any atom is 0.219 e. The minimum Gasteiger partial charge on any atom is -0.508 e. The summed E-state index contributed by atoms with van der Waals surface area (Å²) in [4.78, 5) is 15.8. The summed E-state index contributed by atoms with van der Waals surface area (Å²) in [6, 6.07) is 13.8. The maximum absolute atomic E-state index is 13.9. The number of hydrogen-bond acceptors (Lipinski definition) is 7. The van der Waals surface area contributed by atoms with Gasteiger partial charge in [0.05, 0.1) is 16.8 Å². The summed E-state index contributed by atoms with van der Waals surface area (Å²) in [6.07, 6.45) is 3.76. The summed E-state index contributed by atoms with van der Waals surface area (Å²) < 4.78 is 13.9. The molecule has 1 saturated heterocycles. The topological polar surface area (TPSA) is 126 Å². The molecule has 5 rings (SSSR count). The number of fused-ring (bicyclic) bond motifs is 1. The predicted molar refractivity (Wildman–Crippen MR) is 133 cm³/mol. The van der Waals surface area contributed by atoms with Crippen LogP contribution in [0, 0.1) is 5.82 Å². The van der Waals surface area contributed by atoms with E-state index >= 15 is 0 Å². The van der Waals surface area contributed by atoms with E-state index in [-0.39, 0.29) is 22.8 Å². The van der Waals surface area contributed by atoms with E-state index in [1.165, 1.54) is 31.3 Å². The highest BCUT2D eigenvalue weighted by Gasteiger charge is 2.23. The van der Waals surface area contributed by atoms with E-state index in [1.54, 1.807) is 0 Å². The number of aromatic nitrogens is 3. The number of benzene rings is 2. The molecule has 3 heterocycles. The molecule has 0 radical (unpaired) electrons. The van der Waals surface area contributed by atoms with Crippen LogP contribution in [0.2, 0.25) is 0 Å². The average molecular weight is 473 g/mol. The van der Waals surface area contributed by atoms with E-state index in [0.29, 0.717) is 17.9 Å². The zero-order valence-corrected chi connectivity index (χ0v) is 19.2. The number of aromatic hydroxyl groups is 1. The van der Waals surface area contributed by atoms with Gasteiger partial charge in [0.15, 0.2) is 0 Å². The van der Waals surface area contributed by atoms with E-state index in [1.807, 2.05) is 24.3 Å². The van der Waals surface area contributed by atoms with Crippen molar-refractivity contribution >= 4 is 28.3 Å². The number of rotatable bonds is 7. The second kappa shape index (κ2) is 9.63. The van der Waals surface area contributed by atoms with Crippen molar-refractivity contribution in [2.24, 2.45) is 0 Å². The van der Waals surface area contributed by atoms with Gasteiger partial charge in [-0.2, -0.15) is 0 Å². The van der Waals surface area contributed by atoms with Gasteiger partial charge in [-0.1, -0.05) is 18.2 Å². The third-order valence-electron chi connectivity index (χ3n) is 6.25. The Kier molecular flexibility index (Phi) is 6.24. The average Bonchev–Trinajstić information content (AvgIpc) is 3.35. The summed E-state index contributed by atoms with van der Waals surface area (Å²) in [5.41, 5.74) is 9.96. The largest absolute Gasteiger partial charge is 0.508 e. The molecule has 0 atom stereocenters. The number of nitrogens with one attached hydrogen (secondary N) is 1. The fraction of sp³-hybridized carbons (Fsp3) is 0.231. The quantitative estimate of drug-likeness (QED) is 0.304. The molecule has 0 saturated carbocycles. The molecule has 1 aliphatic rings. The van der Waals surface area contributed by atoms with Gasteiger partial charge in [0.1, 0.15) is 35.1 Å². The second-order valence-corrected chi connectivity index (χ2v) is 8.72. The third-order valence-corrected chi connectivity index (χ3v) is 6.25. The molecule has 9 heteroatoms. The summed E-state index contributed by atoms with van der Waals surface area (Å²) in [5, 5.41) is 20.6. The van der Waals surface area contributed by atoms with Crippen LogP contribution in [-0.2, 0) is 13.1 Å². The Morgan fingerprint density at radius 1 is 1.11 bits per heavy atom. The predicted octanol–water partition coefficient (Wildman–Crippen LogP) is 2.26. The lowest BCUT2D eigenvalue weighted by Gasteiger charge is -2.18. The number of pyridine rings is 1. The zero-order chi connectivity index (χ0) is 24.4. The molecule has 0 aliphatic carbocycles. The first-order valence-corrected chi connectivity index (χ1v) is 11.5. The van der Waals surface area contributed by atoms with Gasteiger partial charge in [0.25, 0.3) is 0 Å². The molecular weight excluding hydrogens is 445 g/mol. The van der Waals surface area contributed by atoms with Crippen LogP contribution in [0.3, 0.4) is 0 Å². The number of nitrogens with zero attached hydrogens (tertiary/aromatic N) is 4. The Morgan fingerprint density at radius 3 is 2.71 bits per heavy atom.